The molecule has 0 aliphatic rings. The lowest BCUT2D eigenvalue weighted by Gasteiger charge is -1.98. The zero-order chi connectivity index (χ0) is 8.97. The highest BCUT2D eigenvalue weighted by atomic mass is 16.5. The van der Waals surface area contributed by atoms with Crippen molar-refractivity contribution in [3.63, 3.8) is 0 Å². The number of aromatic nitrogens is 2. The van der Waals surface area contributed by atoms with Gasteiger partial charge in [0.2, 0.25) is 0 Å². The van der Waals surface area contributed by atoms with Crippen LogP contribution < -0.4 is 5.73 Å². The molecule has 0 radical (unpaired) electrons. The fourth-order valence-electron chi connectivity index (χ4n) is 0.708. The number of carbonyl (C=O) groups excluding carboxylic acids is 1. The van der Waals surface area contributed by atoms with Gasteiger partial charge < -0.3 is 10.5 Å². The molecule has 0 amide bonds. The monoisotopic (exact) mass is 167 g/mol. The van der Waals surface area contributed by atoms with Crippen LogP contribution in [0.5, 0.6) is 0 Å². The Hall–Kier alpha value is -1.49. The van der Waals surface area contributed by atoms with Crippen LogP contribution in [0.25, 0.3) is 0 Å². The number of methoxy groups -OCH3 is 1. The van der Waals surface area contributed by atoms with Crippen molar-refractivity contribution < 1.29 is 9.53 Å². The van der Waals surface area contributed by atoms with E-state index in [0.717, 1.165) is 0 Å². The van der Waals surface area contributed by atoms with Crippen LogP contribution in [-0.2, 0) is 11.3 Å². The molecule has 12 heavy (non-hydrogen) atoms. The van der Waals surface area contributed by atoms with Crippen LogP contribution in [0, 0.1) is 0 Å². The second-order valence-electron chi connectivity index (χ2n) is 2.09. The number of hydrogen-bond donors (Lipinski definition) is 1. The number of carbonyl (C=O) groups is 1. The number of hydrogen-bond acceptors (Lipinski definition) is 5. The molecular formula is C7H9N3O2. The van der Waals surface area contributed by atoms with Gasteiger partial charge in [-0.3, -0.25) is 4.98 Å². The molecule has 2 N–H and O–H groups in total. The van der Waals surface area contributed by atoms with Crippen molar-refractivity contribution in [1.29, 1.82) is 0 Å². The minimum atomic E-state index is -0.502. The molecule has 0 atom stereocenters. The number of rotatable bonds is 2. The van der Waals surface area contributed by atoms with E-state index in [4.69, 9.17) is 5.73 Å². The molecule has 0 aromatic carbocycles. The molecular weight excluding hydrogens is 158 g/mol. The average Bonchev–Trinajstić information content (AvgIpc) is 2.17. The summed E-state index contributed by atoms with van der Waals surface area (Å²) in [4.78, 5) is 18.6. The zero-order valence-electron chi connectivity index (χ0n) is 6.65. The van der Waals surface area contributed by atoms with Gasteiger partial charge >= 0.3 is 5.97 Å². The molecule has 5 nitrogen and oxygen atoms in total. The molecule has 0 saturated heterocycles. The van der Waals surface area contributed by atoms with Gasteiger partial charge in [-0.05, 0) is 0 Å². The summed E-state index contributed by atoms with van der Waals surface area (Å²) >= 11 is 0. The van der Waals surface area contributed by atoms with E-state index in [1.165, 1.54) is 19.5 Å². The van der Waals surface area contributed by atoms with Gasteiger partial charge in [-0.15, -0.1) is 0 Å². The normalized spacial score (nSPS) is 9.50. The van der Waals surface area contributed by atoms with Gasteiger partial charge in [-0.25, -0.2) is 9.78 Å². The first-order valence-corrected chi connectivity index (χ1v) is 3.37. The molecule has 1 aromatic rings. The summed E-state index contributed by atoms with van der Waals surface area (Å²) in [6.45, 7) is 0.262. The lowest BCUT2D eigenvalue weighted by molar-refractivity contribution is 0.0593. The van der Waals surface area contributed by atoms with E-state index in [-0.39, 0.29) is 12.2 Å². The SMILES string of the molecule is COC(=O)c1cncc(CN)n1. The Labute approximate surface area is 69.6 Å². The van der Waals surface area contributed by atoms with E-state index in [2.05, 4.69) is 14.7 Å². The first-order chi connectivity index (χ1) is 5.77. The van der Waals surface area contributed by atoms with Gasteiger partial charge in [0, 0.05) is 12.7 Å². The third-order valence-corrected chi connectivity index (χ3v) is 1.29. The minimum absolute atomic E-state index is 0.181. The van der Waals surface area contributed by atoms with E-state index < -0.39 is 5.97 Å². The van der Waals surface area contributed by atoms with Crippen LogP contribution in [0.1, 0.15) is 16.2 Å². The molecule has 0 aliphatic heterocycles. The first-order valence-electron chi connectivity index (χ1n) is 3.37. The number of esters is 1. The van der Waals surface area contributed by atoms with Crippen molar-refractivity contribution in [3.05, 3.63) is 23.8 Å². The molecule has 0 spiro atoms. The van der Waals surface area contributed by atoms with Gasteiger partial charge in [0.05, 0.1) is 19.0 Å². The molecule has 0 unspecified atom stereocenters. The second kappa shape index (κ2) is 3.77. The van der Waals surface area contributed by atoms with Crippen molar-refractivity contribution in [3.8, 4) is 0 Å². The summed E-state index contributed by atoms with van der Waals surface area (Å²) < 4.78 is 4.45. The van der Waals surface area contributed by atoms with Crippen molar-refractivity contribution in [2.24, 2.45) is 5.73 Å². The number of nitrogens with zero attached hydrogens (tertiary/aromatic N) is 2. The maximum absolute atomic E-state index is 10.9. The van der Waals surface area contributed by atoms with E-state index in [9.17, 15) is 4.79 Å². The maximum Gasteiger partial charge on any atom is 0.358 e. The van der Waals surface area contributed by atoms with E-state index in [1.807, 2.05) is 0 Å². The number of nitrogens with two attached hydrogens (primary N) is 1. The topological polar surface area (TPSA) is 78.1 Å². The summed E-state index contributed by atoms with van der Waals surface area (Å²) in [6, 6.07) is 0. The molecule has 0 saturated carbocycles. The summed E-state index contributed by atoms with van der Waals surface area (Å²) in [5.74, 6) is -0.502. The van der Waals surface area contributed by atoms with Crippen LogP contribution in [0.4, 0.5) is 0 Å². The molecule has 0 bridgehead atoms. The second-order valence-corrected chi connectivity index (χ2v) is 2.09. The molecule has 64 valence electrons. The largest absolute Gasteiger partial charge is 0.464 e. The van der Waals surface area contributed by atoms with Gasteiger partial charge in [-0.2, -0.15) is 0 Å². The first kappa shape index (κ1) is 8.61. The average molecular weight is 167 g/mol. The minimum Gasteiger partial charge on any atom is -0.464 e. The predicted molar refractivity (Wildman–Crippen MR) is 41.3 cm³/mol. The van der Waals surface area contributed by atoms with Gasteiger partial charge in [0.25, 0.3) is 0 Å². The number of ether oxygens (including phenoxy) is 1. The lowest BCUT2D eigenvalue weighted by Crippen LogP contribution is -2.08. The summed E-state index contributed by atoms with van der Waals surface area (Å²) in [5, 5.41) is 0. The molecule has 1 heterocycles. The van der Waals surface area contributed by atoms with E-state index in [0.29, 0.717) is 5.69 Å². The van der Waals surface area contributed by atoms with Gasteiger partial charge in [0.15, 0.2) is 5.69 Å². The molecule has 0 aliphatic carbocycles. The third-order valence-electron chi connectivity index (χ3n) is 1.29. The Morgan fingerprint density at radius 3 is 3.00 bits per heavy atom. The van der Waals surface area contributed by atoms with Crippen molar-refractivity contribution >= 4 is 5.97 Å². The van der Waals surface area contributed by atoms with Crippen LogP contribution in [0.3, 0.4) is 0 Å². The quantitative estimate of drug-likeness (QED) is 0.613. The fourth-order valence-corrected chi connectivity index (χ4v) is 0.708. The lowest BCUT2D eigenvalue weighted by atomic mass is 10.4. The zero-order valence-corrected chi connectivity index (χ0v) is 6.65. The van der Waals surface area contributed by atoms with E-state index in [1.54, 1.807) is 0 Å². The Balaban J connectivity index is 2.93. The highest BCUT2D eigenvalue weighted by Gasteiger charge is 2.06. The van der Waals surface area contributed by atoms with Crippen molar-refractivity contribution in [2.75, 3.05) is 7.11 Å². The van der Waals surface area contributed by atoms with Crippen LogP contribution in [0.15, 0.2) is 12.4 Å². The summed E-state index contributed by atoms with van der Waals surface area (Å²) in [7, 11) is 1.29. The summed E-state index contributed by atoms with van der Waals surface area (Å²) in [5.41, 5.74) is 6.05. The smallest absolute Gasteiger partial charge is 0.358 e. The molecule has 1 aromatic heterocycles. The predicted octanol–water partition coefficient (Wildman–Crippen LogP) is -0.278. The third kappa shape index (κ3) is 1.76. The van der Waals surface area contributed by atoms with Crippen molar-refractivity contribution in [2.45, 2.75) is 6.54 Å². The highest BCUT2D eigenvalue weighted by molar-refractivity contribution is 5.86. The van der Waals surface area contributed by atoms with Crippen LogP contribution in [0.2, 0.25) is 0 Å². The Morgan fingerprint density at radius 2 is 2.42 bits per heavy atom. The Bertz CT molecular complexity index is 288. The molecule has 0 fully saturated rings. The van der Waals surface area contributed by atoms with Crippen molar-refractivity contribution in [1.82, 2.24) is 9.97 Å². The Morgan fingerprint density at radius 1 is 1.67 bits per heavy atom. The van der Waals surface area contributed by atoms with Gasteiger partial charge in [-0.1, -0.05) is 0 Å². The standard InChI is InChI=1S/C7H9N3O2/c1-12-7(11)6-4-9-3-5(2-8)10-6/h3-4H,2,8H2,1H3. The van der Waals surface area contributed by atoms with Gasteiger partial charge in [0.1, 0.15) is 0 Å². The molecule has 5 heteroatoms. The van der Waals surface area contributed by atoms with Crippen LogP contribution >= 0.6 is 0 Å². The van der Waals surface area contributed by atoms with Crippen LogP contribution in [-0.4, -0.2) is 23.0 Å². The molecule has 1 rings (SSSR count). The maximum atomic E-state index is 10.9. The highest BCUT2D eigenvalue weighted by Crippen LogP contribution is 1.96. The fraction of sp³-hybridized carbons (Fsp3) is 0.286. The Kier molecular flexibility index (Phi) is 2.71. The summed E-state index contributed by atoms with van der Waals surface area (Å²) in [6.07, 6.45) is 2.84. The van der Waals surface area contributed by atoms with E-state index >= 15 is 0 Å².